The highest BCUT2D eigenvalue weighted by Crippen LogP contribution is 2.41. The second-order valence-corrected chi connectivity index (χ2v) is 10.6. The fourth-order valence-electron chi connectivity index (χ4n) is 4.22. The first-order chi connectivity index (χ1) is 14.4. The Kier molecular flexibility index (Phi) is 5.98. The smallest absolute Gasteiger partial charge is 0.243 e. The van der Waals surface area contributed by atoms with Gasteiger partial charge in [-0.15, -0.1) is 0 Å². The van der Waals surface area contributed by atoms with Crippen LogP contribution in [0.5, 0.6) is 0 Å². The first-order valence-electron chi connectivity index (χ1n) is 10.8. The second kappa shape index (κ2) is 8.52. The molecule has 1 aliphatic carbocycles. The maximum absolute atomic E-state index is 13.0. The number of nitrogens with zero attached hydrogens (tertiary/aromatic N) is 1. The zero-order valence-electron chi connectivity index (χ0n) is 17.7. The van der Waals surface area contributed by atoms with Crippen molar-refractivity contribution in [1.82, 2.24) is 9.62 Å². The normalized spacial score (nSPS) is 19.4. The number of hydrogen-bond acceptors (Lipinski definition) is 3. The molecule has 2 aromatic carbocycles. The van der Waals surface area contributed by atoms with E-state index in [0.29, 0.717) is 36.7 Å². The molecule has 1 N–H and O–H groups in total. The number of sulfonamides is 1. The molecule has 5 nitrogen and oxygen atoms in total. The first-order valence-corrected chi connectivity index (χ1v) is 12.2. The number of benzene rings is 2. The van der Waals surface area contributed by atoms with Gasteiger partial charge in [-0.3, -0.25) is 4.79 Å². The first kappa shape index (κ1) is 21.1. The van der Waals surface area contributed by atoms with Gasteiger partial charge in [-0.2, -0.15) is 4.31 Å². The molecule has 0 bridgehead atoms. The van der Waals surface area contributed by atoms with Crippen LogP contribution in [0, 0.1) is 25.7 Å². The van der Waals surface area contributed by atoms with E-state index in [9.17, 15) is 13.2 Å². The molecule has 1 atom stereocenters. The quantitative estimate of drug-likeness (QED) is 0.760. The summed E-state index contributed by atoms with van der Waals surface area (Å²) in [5.41, 5.74) is 3.20. The molecule has 2 aliphatic rings. The number of rotatable bonds is 6. The van der Waals surface area contributed by atoms with Crippen LogP contribution in [0.2, 0.25) is 0 Å². The van der Waals surface area contributed by atoms with E-state index in [1.54, 1.807) is 12.1 Å². The van der Waals surface area contributed by atoms with Crippen molar-refractivity contribution in [2.75, 3.05) is 13.1 Å². The van der Waals surface area contributed by atoms with Crippen LogP contribution in [0.15, 0.2) is 53.4 Å². The van der Waals surface area contributed by atoms with E-state index >= 15 is 0 Å². The Bertz CT molecular complexity index is 1010. The van der Waals surface area contributed by atoms with E-state index in [1.165, 1.54) is 4.31 Å². The maximum atomic E-state index is 13.0. The van der Waals surface area contributed by atoms with Crippen molar-refractivity contribution in [3.05, 3.63) is 65.2 Å². The summed E-state index contributed by atoms with van der Waals surface area (Å²) < 4.78 is 27.6. The average molecular weight is 427 g/mol. The molecule has 6 heteroatoms. The molecule has 160 valence electrons. The third-order valence-electron chi connectivity index (χ3n) is 6.49. The second-order valence-electron chi connectivity index (χ2n) is 8.66. The summed E-state index contributed by atoms with van der Waals surface area (Å²) in [4.78, 5) is 13.3. The Balaban J connectivity index is 1.39. The summed E-state index contributed by atoms with van der Waals surface area (Å²) in [6, 6.07) is 15.5. The van der Waals surface area contributed by atoms with Crippen LogP contribution < -0.4 is 5.32 Å². The van der Waals surface area contributed by atoms with Gasteiger partial charge in [0.25, 0.3) is 0 Å². The van der Waals surface area contributed by atoms with Crippen LogP contribution in [-0.2, 0) is 14.8 Å². The summed E-state index contributed by atoms with van der Waals surface area (Å²) in [7, 11) is -3.52. The zero-order valence-corrected chi connectivity index (χ0v) is 18.5. The summed E-state index contributed by atoms with van der Waals surface area (Å²) in [6.45, 7) is 4.66. The van der Waals surface area contributed by atoms with Gasteiger partial charge in [0.2, 0.25) is 15.9 Å². The van der Waals surface area contributed by atoms with Gasteiger partial charge in [-0.05, 0) is 74.3 Å². The van der Waals surface area contributed by atoms with E-state index in [4.69, 9.17) is 0 Å². The van der Waals surface area contributed by atoms with Gasteiger partial charge < -0.3 is 5.32 Å². The highest BCUT2D eigenvalue weighted by atomic mass is 32.2. The predicted octanol–water partition coefficient (Wildman–Crippen LogP) is 3.97. The van der Waals surface area contributed by atoms with Gasteiger partial charge in [0, 0.05) is 19.0 Å². The van der Waals surface area contributed by atoms with E-state index in [1.807, 2.05) is 38.1 Å². The van der Waals surface area contributed by atoms with Crippen LogP contribution in [0.4, 0.5) is 0 Å². The predicted molar refractivity (Wildman–Crippen MR) is 117 cm³/mol. The Morgan fingerprint density at radius 1 is 0.967 bits per heavy atom. The molecule has 1 heterocycles. The molecule has 0 radical (unpaired) electrons. The van der Waals surface area contributed by atoms with E-state index in [2.05, 4.69) is 17.4 Å². The molecule has 2 aromatic rings. The van der Waals surface area contributed by atoms with Crippen LogP contribution >= 0.6 is 0 Å². The molecule has 1 saturated heterocycles. The van der Waals surface area contributed by atoms with E-state index < -0.39 is 10.0 Å². The molecule has 4 rings (SSSR count). The number of carbonyl (C=O) groups excluding carboxylic acids is 1. The molecule has 0 spiro atoms. The van der Waals surface area contributed by atoms with Gasteiger partial charge in [0.15, 0.2) is 0 Å². The molecule has 2 fully saturated rings. The van der Waals surface area contributed by atoms with Crippen LogP contribution in [0.1, 0.15) is 48.4 Å². The van der Waals surface area contributed by atoms with Gasteiger partial charge in [0.05, 0.1) is 10.9 Å². The summed E-state index contributed by atoms with van der Waals surface area (Å²) in [5, 5.41) is 3.26. The van der Waals surface area contributed by atoms with E-state index in [0.717, 1.165) is 29.5 Å². The van der Waals surface area contributed by atoms with E-state index in [-0.39, 0.29) is 17.9 Å². The molecular formula is C24H30N2O3S. The molecule has 1 aliphatic heterocycles. The Morgan fingerprint density at radius 3 is 2.23 bits per heavy atom. The van der Waals surface area contributed by atoms with Crippen LogP contribution in [0.3, 0.4) is 0 Å². The SMILES string of the molecule is Cc1ccc(S(=O)(=O)N2CCC(C(=O)NC(c3ccccc3)C3CC3)CC2)cc1C. The maximum Gasteiger partial charge on any atom is 0.243 e. The lowest BCUT2D eigenvalue weighted by Crippen LogP contribution is -2.44. The summed E-state index contributed by atoms with van der Waals surface area (Å²) in [5.74, 6) is 0.432. The fourth-order valence-corrected chi connectivity index (χ4v) is 5.77. The van der Waals surface area contributed by atoms with Gasteiger partial charge in [0.1, 0.15) is 0 Å². The lowest BCUT2D eigenvalue weighted by Gasteiger charge is -2.31. The third kappa shape index (κ3) is 4.44. The number of hydrogen-bond donors (Lipinski definition) is 1. The number of piperidine rings is 1. The summed E-state index contributed by atoms with van der Waals surface area (Å²) >= 11 is 0. The minimum atomic E-state index is -3.52. The lowest BCUT2D eigenvalue weighted by atomic mass is 9.95. The Hall–Kier alpha value is -2.18. The van der Waals surface area contributed by atoms with Crippen LogP contribution in [0.25, 0.3) is 0 Å². The highest BCUT2D eigenvalue weighted by molar-refractivity contribution is 7.89. The van der Waals surface area contributed by atoms with Crippen molar-refractivity contribution >= 4 is 15.9 Å². The highest BCUT2D eigenvalue weighted by Gasteiger charge is 2.36. The molecule has 1 unspecified atom stereocenters. The topological polar surface area (TPSA) is 66.5 Å². The van der Waals surface area contributed by atoms with Crippen molar-refractivity contribution in [3.8, 4) is 0 Å². The van der Waals surface area contributed by atoms with Gasteiger partial charge in [-0.25, -0.2) is 8.42 Å². The third-order valence-corrected chi connectivity index (χ3v) is 8.39. The monoisotopic (exact) mass is 426 g/mol. The Labute approximate surface area is 179 Å². The fraction of sp³-hybridized carbons (Fsp3) is 0.458. The van der Waals surface area contributed by atoms with Gasteiger partial charge >= 0.3 is 0 Å². The van der Waals surface area contributed by atoms with Crippen LogP contribution in [-0.4, -0.2) is 31.7 Å². The zero-order chi connectivity index (χ0) is 21.3. The molecule has 0 aromatic heterocycles. The number of aryl methyl sites for hydroxylation is 2. The molecule has 1 amide bonds. The largest absolute Gasteiger partial charge is 0.349 e. The number of carbonyl (C=O) groups is 1. The lowest BCUT2D eigenvalue weighted by molar-refractivity contribution is -0.127. The molecular weight excluding hydrogens is 396 g/mol. The minimum Gasteiger partial charge on any atom is -0.349 e. The Morgan fingerprint density at radius 2 is 1.63 bits per heavy atom. The van der Waals surface area contributed by atoms with Crippen molar-refractivity contribution in [2.24, 2.45) is 11.8 Å². The number of nitrogens with one attached hydrogen (secondary N) is 1. The van der Waals surface area contributed by atoms with Crippen molar-refractivity contribution in [3.63, 3.8) is 0 Å². The van der Waals surface area contributed by atoms with Gasteiger partial charge in [-0.1, -0.05) is 36.4 Å². The standard InChI is InChI=1S/C24H30N2O3S/c1-17-8-11-22(16-18(17)2)30(28,29)26-14-12-21(13-15-26)24(27)25-23(20-9-10-20)19-6-4-3-5-7-19/h3-8,11,16,20-21,23H,9-10,12-15H2,1-2H3,(H,25,27). The average Bonchev–Trinajstić information content (AvgIpc) is 3.59. The van der Waals surface area contributed by atoms with Crippen molar-refractivity contribution in [1.29, 1.82) is 0 Å². The number of amides is 1. The minimum absolute atomic E-state index is 0.0546. The molecule has 1 saturated carbocycles. The van der Waals surface area contributed by atoms with Crippen molar-refractivity contribution < 1.29 is 13.2 Å². The van der Waals surface area contributed by atoms with Crippen molar-refractivity contribution in [2.45, 2.75) is 50.5 Å². The summed E-state index contributed by atoms with van der Waals surface area (Å²) in [6.07, 6.45) is 3.41. The molecule has 30 heavy (non-hydrogen) atoms.